The van der Waals surface area contributed by atoms with Crippen molar-refractivity contribution in [3.63, 3.8) is 0 Å². The average Bonchev–Trinajstić information content (AvgIpc) is 1.86. The van der Waals surface area contributed by atoms with Crippen LogP contribution in [-0.4, -0.2) is 28.3 Å². The minimum absolute atomic E-state index is 0.376. The molecule has 0 aliphatic heterocycles. The van der Waals surface area contributed by atoms with Crippen LogP contribution in [-0.2, 0) is 9.59 Å². The average molecular weight is 166 g/mol. The Morgan fingerprint density at radius 1 is 1.70 bits per heavy atom. The summed E-state index contributed by atoms with van der Waals surface area (Å²) < 4.78 is 0. The first-order valence-corrected chi connectivity index (χ1v) is 3.08. The van der Waals surface area contributed by atoms with Crippen molar-refractivity contribution in [1.82, 2.24) is 0 Å². The number of hydrogen-bond donors (Lipinski definition) is 2. The van der Waals surface area contributed by atoms with E-state index in [9.17, 15) is 9.59 Å². The van der Waals surface area contributed by atoms with Gasteiger partial charge in [0.15, 0.2) is 11.3 Å². The zero-order chi connectivity index (χ0) is 8.36. The quantitative estimate of drug-likeness (QED) is 0.440. The molecule has 0 saturated heterocycles. The van der Waals surface area contributed by atoms with E-state index in [0.717, 1.165) is 6.92 Å². The molecule has 5 heteroatoms. The van der Waals surface area contributed by atoms with Gasteiger partial charge >= 0.3 is 5.97 Å². The zero-order valence-electron chi connectivity index (χ0n) is 5.43. The Morgan fingerprint density at radius 2 is 2.10 bits per heavy atom. The monoisotopic (exact) mass is 165 g/mol. The summed E-state index contributed by atoms with van der Waals surface area (Å²) in [5.41, 5.74) is 3.23. The number of nitrogens with two attached hydrogens (primary N) is 1. The van der Waals surface area contributed by atoms with Crippen LogP contribution in [0.1, 0.15) is 6.92 Å². The summed E-state index contributed by atoms with van der Waals surface area (Å²) in [5.74, 6) is -2.43. The molecule has 10 heavy (non-hydrogen) atoms. The van der Waals surface area contributed by atoms with Gasteiger partial charge in [-0.25, -0.2) is 4.79 Å². The molecule has 0 aliphatic rings. The molecule has 4 nitrogen and oxygen atoms in total. The molecule has 0 aromatic heterocycles. The number of Topliss-reactive ketones (excluding diaryl/α,β-unsaturated/α-hetero) is 1. The third-order valence-corrected chi connectivity index (χ3v) is 1.39. The van der Waals surface area contributed by atoms with Crippen molar-refractivity contribution in [2.75, 3.05) is 5.88 Å². The minimum atomic E-state index is -1.85. The van der Waals surface area contributed by atoms with Crippen LogP contribution < -0.4 is 5.73 Å². The predicted octanol–water partition coefficient (Wildman–Crippen LogP) is -0.404. The Morgan fingerprint density at radius 3 is 2.20 bits per heavy atom. The Hall–Kier alpha value is -0.610. The molecular formula is C5H8ClNO3. The van der Waals surface area contributed by atoms with Crippen molar-refractivity contribution in [2.24, 2.45) is 5.73 Å². The van der Waals surface area contributed by atoms with E-state index in [1.54, 1.807) is 0 Å². The first-order chi connectivity index (χ1) is 4.42. The van der Waals surface area contributed by atoms with Gasteiger partial charge in [-0.3, -0.25) is 4.79 Å². The van der Waals surface area contributed by atoms with Crippen LogP contribution >= 0.6 is 11.6 Å². The highest BCUT2D eigenvalue weighted by atomic mass is 35.5. The third kappa shape index (κ3) is 1.68. The zero-order valence-corrected chi connectivity index (χ0v) is 6.18. The van der Waals surface area contributed by atoms with Gasteiger partial charge in [0.25, 0.3) is 0 Å². The lowest BCUT2D eigenvalue weighted by Crippen LogP contribution is -2.52. The summed E-state index contributed by atoms with van der Waals surface area (Å²) >= 11 is 5.09. The lowest BCUT2D eigenvalue weighted by molar-refractivity contribution is -0.146. The molecule has 0 heterocycles. The number of carboxylic acids is 1. The molecule has 58 valence electrons. The van der Waals surface area contributed by atoms with Crippen LogP contribution in [0, 0.1) is 0 Å². The predicted molar refractivity (Wildman–Crippen MR) is 36.0 cm³/mol. The molecule has 3 N–H and O–H groups in total. The van der Waals surface area contributed by atoms with Gasteiger partial charge in [0, 0.05) is 0 Å². The number of alkyl halides is 1. The first-order valence-electron chi connectivity index (χ1n) is 2.54. The molecule has 0 aromatic carbocycles. The largest absolute Gasteiger partial charge is 0.480 e. The maximum absolute atomic E-state index is 10.6. The van der Waals surface area contributed by atoms with Gasteiger partial charge in [0.1, 0.15) is 0 Å². The molecule has 0 aromatic rings. The fraction of sp³-hybridized carbons (Fsp3) is 0.600. The van der Waals surface area contributed by atoms with E-state index in [-0.39, 0.29) is 5.88 Å². The Bertz CT molecular complexity index is 166. The molecule has 0 rings (SSSR count). The van der Waals surface area contributed by atoms with Gasteiger partial charge in [-0.1, -0.05) is 0 Å². The van der Waals surface area contributed by atoms with E-state index in [0.29, 0.717) is 0 Å². The van der Waals surface area contributed by atoms with Gasteiger partial charge in [-0.2, -0.15) is 0 Å². The van der Waals surface area contributed by atoms with Crippen LogP contribution in [0.4, 0.5) is 0 Å². The number of aliphatic carboxylic acids is 1. The molecule has 0 amide bonds. The number of halogens is 1. The Kier molecular flexibility index (Phi) is 2.80. The number of carbonyl (C=O) groups excluding carboxylic acids is 1. The van der Waals surface area contributed by atoms with Crippen molar-refractivity contribution in [3.05, 3.63) is 0 Å². The fourth-order valence-electron chi connectivity index (χ4n) is 0.258. The summed E-state index contributed by atoms with van der Waals surface area (Å²) in [4.78, 5) is 20.9. The third-order valence-electron chi connectivity index (χ3n) is 1.14. The fourth-order valence-corrected chi connectivity index (χ4v) is 0.536. The first kappa shape index (κ1) is 9.39. The smallest absolute Gasteiger partial charge is 0.331 e. The van der Waals surface area contributed by atoms with Crippen molar-refractivity contribution in [3.8, 4) is 0 Å². The standard InChI is InChI=1S/C5H8ClNO3/c1-5(7,4(9)10)3(8)2-6/h2,7H2,1H3,(H,9,10)/t5-/m1/s1. The Labute approximate surface area is 63.0 Å². The minimum Gasteiger partial charge on any atom is -0.480 e. The lowest BCUT2D eigenvalue weighted by atomic mass is 10.00. The maximum Gasteiger partial charge on any atom is 0.331 e. The van der Waals surface area contributed by atoms with Crippen molar-refractivity contribution >= 4 is 23.4 Å². The molecule has 1 atom stereocenters. The normalized spacial score (nSPS) is 15.9. The van der Waals surface area contributed by atoms with Gasteiger partial charge in [0.05, 0.1) is 5.88 Å². The molecule has 0 saturated carbocycles. The van der Waals surface area contributed by atoms with Crippen LogP contribution in [0.5, 0.6) is 0 Å². The highest BCUT2D eigenvalue weighted by Crippen LogP contribution is 2.01. The molecule has 0 bridgehead atoms. The van der Waals surface area contributed by atoms with E-state index >= 15 is 0 Å². The van der Waals surface area contributed by atoms with E-state index in [4.69, 9.17) is 22.4 Å². The van der Waals surface area contributed by atoms with E-state index < -0.39 is 17.3 Å². The van der Waals surface area contributed by atoms with Crippen LogP contribution in [0.15, 0.2) is 0 Å². The number of carbonyl (C=O) groups is 2. The van der Waals surface area contributed by atoms with Crippen LogP contribution in [0.2, 0.25) is 0 Å². The second-order valence-corrected chi connectivity index (χ2v) is 2.33. The van der Waals surface area contributed by atoms with Gasteiger partial charge < -0.3 is 10.8 Å². The van der Waals surface area contributed by atoms with Gasteiger partial charge in [-0.15, -0.1) is 11.6 Å². The van der Waals surface area contributed by atoms with E-state index in [1.807, 2.05) is 0 Å². The van der Waals surface area contributed by atoms with Crippen molar-refractivity contribution in [1.29, 1.82) is 0 Å². The number of rotatable bonds is 3. The molecule has 0 spiro atoms. The molecular weight excluding hydrogens is 158 g/mol. The molecule has 0 aliphatic carbocycles. The van der Waals surface area contributed by atoms with E-state index in [1.165, 1.54) is 0 Å². The lowest BCUT2D eigenvalue weighted by Gasteiger charge is -2.14. The topological polar surface area (TPSA) is 80.4 Å². The molecule has 0 radical (unpaired) electrons. The Balaban J connectivity index is 4.40. The number of carboxylic acid groups (broad SMARTS) is 1. The van der Waals surface area contributed by atoms with Gasteiger partial charge in [-0.05, 0) is 6.92 Å². The van der Waals surface area contributed by atoms with Gasteiger partial charge in [0.2, 0.25) is 0 Å². The maximum atomic E-state index is 10.6. The number of hydrogen-bond acceptors (Lipinski definition) is 3. The van der Waals surface area contributed by atoms with Crippen molar-refractivity contribution < 1.29 is 14.7 Å². The summed E-state index contributed by atoms with van der Waals surface area (Å²) in [6.07, 6.45) is 0. The van der Waals surface area contributed by atoms with Crippen LogP contribution in [0.3, 0.4) is 0 Å². The molecule has 0 fully saturated rings. The van der Waals surface area contributed by atoms with Crippen LogP contribution in [0.25, 0.3) is 0 Å². The molecule has 0 unspecified atom stereocenters. The highest BCUT2D eigenvalue weighted by molar-refractivity contribution is 6.31. The highest BCUT2D eigenvalue weighted by Gasteiger charge is 2.35. The summed E-state index contributed by atoms with van der Waals surface area (Å²) in [7, 11) is 0. The summed E-state index contributed by atoms with van der Waals surface area (Å²) in [5, 5.41) is 8.34. The van der Waals surface area contributed by atoms with Crippen molar-refractivity contribution in [2.45, 2.75) is 12.5 Å². The summed E-state index contributed by atoms with van der Waals surface area (Å²) in [6.45, 7) is 1.11. The SMILES string of the molecule is C[C@](N)(C(=O)O)C(=O)CCl. The summed E-state index contributed by atoms with van der Waals surface area (Å²) in [6, 6.07) is 0. The van der Waals surface area contributed by atoms with E-state index in [2.05, 4.69) is 0 Å². The second kappa shape index (κ2) is 2.98. The number of ketones is 1. The second-order valence-electron chi connectivity index (χ2n) is 2.06.